The van der Waals surface area contributed by atoms with Crippen molar-refractivity contribution in [1.82, 2.24) is 0 Å². The molecule has 0 aliphatic rings. The van der Waals surface area contributed by atoms with Crippen LogP contribution in [0.3, 0.4) is 0 Å². The van der Waals surface area contributed by atoms with E-state index in [1.165, 1.54) is 24.3 Å². The molecule has 0 spiro atoms. The van der Waals surface area contributed by atoms with Crippen LogP contribution in [0.4, 0.5) is 0 Å². The molecule has 9 heteroatoms. The summed E-state index contributed by atoms with van der Waals surface area (Å²) in [5.41, 5.74) is 5.37. The van der Waals surface area contributed by atoms with Crippen molar-refractivity contribution in [3.05, 3.63) is 24.3 Å². The van der Waals surface area contributed by atoms with E-state index in [-0.39, 0.29) is 4.90 Å². The van der Waals surface area contributed by atoms with Crippen molar-refractivity contribution >= 4 is 27.8 Å². The Bertz CT molecular complexity index is 560. The first-order valence-electron chi connectivity index (χ1n) is 6.12. The third-order valence-electron chi connectivity index (χ3n) is 2.54. The molecule has 1 rings (SSSR count). The van der Waals surface area contributed by atoms with Crippen molar-refractivity contribution in [2.24, 2.45) is 10.9 Å². The summed E-state index contributed by atoms with van der Waals surface area (Å²) >= 11 is 1.54. The van der Waals surface area contributed by atoms with Gasteiger partial charge in [-0.2, -0.15) is 11.8 Å². The molecule has 1 atom stereocenters. The fourth-order valence-electron chi connectivity index (χ4n) is 1.38. The van der Waals surface area contributed by atoms with Gasteiger partial charge < -0.3 is 15.6 Å². The largest absolute Gasteiger partial charge is 0.493 e. The third-order valence-corrected chi connectivity index (χ3v) is 4.45. The number of carboxylic acids is 1. The van der Waals surface area contributed by atoms with Crippen LogP contribution in [0.5, 0.6) is 5.75 Å². The molecule has 0 aliphatic heterocycles. The van der Waals surface area contributed by atoms with Crippen LogP contribution in [0.25, 0.3) is 0 Å². The van der Waals surface area contributed by atoms with Crippen LogP contribution in [0.15, 0.2) is 29.2 Å². The number of sulfonamides is 1. The number of rotatable bonds is 9. The van der Waals surface area contributed by atoms with E-state index < -0.39 is 22.0 Å². The number of nitrogens with two attached hydrogens (primary N) is 2. The minimum absolute atomic E-state index is 0.0342. The molecule has 1 aromatic rings. The highest BCUT2D eigenvalue weighted by Gasteiger charge is 2.10. The zero-order valence-corrected chi connectivity index (χ0v) is 12.9. The van der Waals surface area contributed by atoms with Crippen molar-refractivity contribution in [1.29, 1.82) is 0 Å². The first-order valence-corrected chi connectivity index (χ1v) is 8.82. The van der Waals surface area contributed by atoms with Gasteiger partial charge in [0, 0.05) is 5.75 Å². The number of ether oxygens (including phenoxy) is 1. The van der Waals surface area contributed by atoms with Gasteiger partial charge in [-0.25, -0.2) is 13.6 Å². The van der Waals surface area contributed by atoms with Crippen LogP contribution in [0.2, 0.25) is 0 Å². The SMILES string of the molecule is NC(CCSCCOc1ccc(S(N)(=O)=O)cc1)C(=O)O. The Labute approximate surface area is 127 Å². The minimum atomic E-state index is -3.69. The average molecular weight is 334 g/mol. The molecule has 21 heavy (non-hydrogen) atoms. The predicted molar refractivity (Wildman–Crippen MR) is 80.9 cm³/mol. The van der Waals surface area contributed by atoms with Gasteiger partial charge in [0.15, 0.2) is 0 Å². The molecule has 1 aromatic carbocycles. The van der Waals surface area contributed by atoms with Gasteiger partial charge in [0.05, 0.1) is 11.5 Å². The summed E-state index contributed by atoms with van der Waals surface area (Å²) in [6.07, 6.45) is 0.406. The van der Waals surface area contributed by atoms with Crippen LogP contribution < -0.4 is 15.6 Å². The summed E-state index contributed by atoms with van der Waals surface area (Å²) < 4.78 is 27.5. The van der Waals surface area contributed by atoms with Crippen LogP contribution >= 0.6 is 11.8 Å². The fourth-order valence-corrected chi connectivity index (χ4v) is 2.72. The van der Waals surface area contributed by atoms with Crippen molar-refractivity contribution < 1.29 is 23.1 Å². The highest BCUT2D eigenvalue weighted by Crippen LogP contribution is 2.15. The highest BCUT2D eigenvalue weighted by atomic mass is 32.2. The highest BCUT2D eigenvalue weighted by molar-refractivity contribution is 7.99. The maximum atomic E-state index is 11.1. The molecule has 0 radical (unpaired) electrons. The minimum Gasteiger partial charge on any atom is -0.493 e. The van der Waals surface area contributed by atoms with E-state index in [4.69, 9.17) is 20.7 Å². The summed E-state index contributed by atoms with van der Waals surface area (Å²) in [7, 11) is -3.69. The molecule has 0 saturated carbocycles. The lowest BCUT2D eigenvalue weighted by Crippen LogP contribution is -2.30. The van der Waals surface area contributed by atoms with Gasteiger partial charge in [0.2, 0.25) is 10.0 Å². The fraction of sp³-hybridized carbons (Fsp3) is 0.417. The number of aliphatic carboxylic acids is 1. The standard InChI is InChI=1S/C12H18N2O5S2/c13-11(12(15)16)5-7-20-8-6-19-9-1-3-10(4-2-9)21(14,17)18/h1-4,11H,5-8,13H2,(H,15,16)(H2,14,17,18). The monoisotopic (exact) mass is 334 g/mol. The topological polar surface area (TPSA) is 133 Å². The second-order valence-electron chi connectivity index (χ2n) is 4.21. The van der Waals surface area contributed by atoms with E-state index >= 15 is 0 Å². The first-order chi connectivity index (χ1) is 9.80. The van der Waals surface area contributed by atoms with E-state index in [1.807, 2.05) is 0 Å². The van der Waals surface area contributed by atoms with E-state index in [0.717, 1.165) is 0 Å². The first kappa shape index (κ1) is 17.8. The predicted octanol–water partition coefficient (Wildman–Crippen LogP) is 0.248. The number of primary sulfonamides is 1. The van der Waals surface area contributed by atoms with E-state index in [1.54, 1.807) is 11.8 Å². The Morgan fingerprint density at radius 1 is 1.29 bits per heavy atom. The number of carboxylic acid groups (broad SMARTS) is 1. The van der Waals surface area contributed by atoms with E-state index in [0.29, 0.717) is 30.3 Å². The zero-order chi connectivity index (χ0) is 15.9. The molecule has 0 heterocycles. The molecule has 0 fully saturated rings. The summed E-state index contributed by atoms with van der Waals surface area (Å²) in [4.78, 5) is 10.5. The summed E-state index contributed by atoms with van der Waals surface area (Å²) in [6, 6.07) is 4.99. The van der Waals surface area contributed by atoms with Crippen LogP contribution in [-0.2, 0) is 14.8 Å². The van der Waals surface area contributed by atoms with Gasteiger partial charge in [-0.3, -0.25) is 4.79 Å². The number of carbonyl (C=O) groups is 1. The normalized spacial score (nSPS) is 12.9. The Kier molecular flexibility index (Phi) is 6.96. The molecule has 7 nitrogen and oxygen atoms in total. The molecule has 0 amide bonds. The van der Waals surface area contributed by atoms with Gasteiger partial charge in [0.25, 0.3) is 0 Å². The van der Waals surface area contributed by atoms with Gasteiger partial charge in [-0.1, -0.05) is 0 Å². The van der Waals surface area contributed by atoms with Gasteiger partial charge in [-0.05, 0) is 36.4 Å². The summed E-state index contributed by atoms with van der Waals surface area (Å²) in [6.45, 7) is 0.432. The molecular formula is C12H18N2O5S2. The second-order valence-corrected chi connectivity index (χ2v) is 7.00. The molecule has 0 aliphatic carbocycles. The second kappa shape index (κ2) is 8.23. The summed E-state index contributed by atoms with van der Waals surface area (Å²) in [5.74, 6) is 0.872. The molecule has 0 bridgehead atoms. The van der Waals surface area contributed by atoms with Crippen molar-refractivity contribution in [3.8, 4) is 5.75 Å². The molecule has 1 unspecified atom stereocenters. The van der Waals surface area contributed by atoms with Crippen LogP contribution in [-0.4, -0.2) is 43.6 Å². The average Bonchev–Trinajstić information content (AvgIpc) is 2.41. The van der Waals surface area contributed by atoms with Crippen LogP contribution in [0.1, 0.15) is 6.42 Å². The maximum Gasteiger partial charge on any atom is 0.320 e. The Morgan fingerprint density at radius 2 is 1.90 bits per heavy atom. The maximum absolute atomic E-state index is 11.1. The Balaban J connectivity index is 2.23. The van der Waals surface area contributed by atoms with E-state index in [9.17, 15) is 13.2 Å². The molecule has 0 aromatic heterocycles. The summed E-state index contributed by atoms with van der Waals surface area (Å²) in [5, 5.41) is 13.6. The molecule has 0 saturated heterocycles. The van der Waals surface area contributed by atoms with Crippen molar-refractivity contribution in [2.75, 3.05) is 18.1 Å². The zero-order valence-electron chi connectivity index (χ0n) is 11.3. The molecular weight excluding hydrogens is 316 g/mol. The van der Waals surface area contributed by atoms with Crippen LogP contribution in [0, 0.1) is 0 Å². The lowest BCUT2D eigenvalue weighted by atomic mass is 10.2. The number of hydrogen-bond acceptors (Lipinski definition) is 6. The quantitative estimate of drug-likeness (QED) is 0.551. The lowest BCUT2D eigenvalue weighted by Gasteiger charge is -2.08. The van der Waals surface area contributed by atoms with Gasteiger partial charge in [0.1, 0.15) is 11.8 Å². The smallest absolute Gasteiger partial charge is 0.320 e. The Morgan fingerprint density at radius 3 is 2.43 bits per heavy atom. The Hall–Kier alpha value is -1.29. The lowest BCUT2D eigenvalue weighted by molar-refractivity contribution is -0.138. The number of benzene rings is 1. The van der Waals surface area contributed by atoms with Crippen molar-refractivity contribution in [3.63, 3.8) is 0 Å². The molecule has 5 N–H and O–H groups in total. The van der Waals surface area contributed by atoms with Gasteiger partial charge in [-0.15, -0.1) is 0 Å². The number of hydrogen-bond donors (Lipinski definition) is 3. The third kappa shape index (κ3) is 6.80. The van der Waals surface area contributed by atoms with E-state index in [2.05, 4.69) is 0 Å². The van der Waals surface area contributed by atoms with Crippen molar-refractivity contribution in [2.45, 2.75) is 17.4 Å². The van der Waals surface area contributed by atoms with Gasteiger partial charge >= 0.3 is 5.97 Å². The number of thioether (sulfide) groups is 1. The molecule has 118 valence electrons.